The van der Waals surface area contributed by atoms with Crippen LogP contribution >= 0.6 is 11.6 Å². The number of amides is 1. The number of ether oxygens (including phenoxy) is 1. The predicted molar refractivity (Wildman–Crippen MR) is 128 cm³/mol. The highest BCUT2D eigenvalue weighted by molar-refractivity contribution is 7.92. The van der Waals surface area contributed by atoms with Crippen molar-refractivity contribution < 1.29 is 31.1 Å². The Hall–Kier alpha value is -3.24. The third-order valence-corrected chi connectivity index (χ3v) is 6.63. The molecule has 6 nitrogen and oxygen atoms in total. The molecule has 0 saturated heterocycles. The third-order valence-electron chi connectivity index (χ3n) is 4.96. The molecule has 0 unspecified atom stereocenters. The molecule has 0 atom stereocenters. The second-order valence-corrected chi connectivity index (χ2v) is 9.98. The number of anilines is 2. The highest BCUT2D eigenvalue weighted by atomic mass is 35.5. The zero-order chi connectivity index (χ0) is 26.0. The quantitative estimate of drug-likeness (QED) is 0.389. The first-order chi connectivity index (χ1) is 16.3. The van der Waals surface area contributed by atoms with Gasteiger partial charge in [-0.3, -0.25) is 9.52 Å². The van der Waals surface area contributed by atoms with Crippen LogP contribution in [0, 0.1) is 20.8 Å². The van der Waals surface area contributed by atoms with Gasteiger partial charge in [0.1, 0.15) is 5.75 Å². The Morgan fingerprint density at radius 2 is 1.66 bits per heavy atom. The van der Waals surface area contributed by atoms with Crippen LogP contribution in [0.2, 0.25) is 5.02 Å². The van der Waals surface area contributed by atoms with Crippen molar-refractivity contribution in [2.75, 3.05) is 16.6 Å². The monoisotopic (exact) mass is 526 g/mol. The molecule has 3 rings (SSSR count). The Balaban J connectivity index is 1.69. The molecule has 3 aromatic carbocycles. The van der Waals surface area contributed by atoms with E-state index in [0.717, 1.165) is 34.9 Å². The summed E-state index contributed by atoms with van der Waals surface area (Å²) in [4.78, 5) is 12.1. The second kappa shape index (κ2) is 10.2. The molecule has 3 aromatic rings. The molecule has 0 aliphatic carbocycles. The van der Waals surface area contributed by atoms with Crippen molar-refractivity contribution >= 4 is 38.9 Å². The molecule has 0 aliphatic heterocycles. The summed E-state index contributed by atoms with van der Waals surface area (Å²) in [7, 11) is -4.24. The van der Waals surface area contributed by atoms with E-state index < -0.39 is 27.7 Å². The number of carbonyl (C=O) groups is 1. The van der Waals surface area contributed by atoms with Gasteiger partial charge >= 0.3 is 6.18 Å². The van der Waals surface area contributed by atoms with E-state index in [0.29, 0.717) is 11.8 Å². The molecule has 0 aliphatic rings. The molecular formula is C24H22ClF3N2O4S. The number of nitrogens with one attached hydrogen (secondary N) is 2. The van der Waals surface area contributed by atoms with Gasteiger partial charge in [0.05, 0.1) is 15.5 Å². The number of alkyl halides is 3. The van der Waals surface area contributed by atoms with Crippen LogP contribution in [0.4, 0.5) is 24.5 Å². The molecule has 2 N–H and O–H groups in total. The Morgan fingerprint density at radius 1 is 1.00 bits per heavy atom. The summed E-state index contributed by atoms with van der Waals surface area (Å²) in [6.45, 7) is 5.33. The van der Waals surface area contributed by atoms with E-state index in [9.17, 15) is 26.4 Å². The van der Waals surface area contributed by atoms with Crippen molar-refractivity contribution in [2.24, 2.45) is 0 Å². The molecule has 186 valence electrons. The minimum absolute atomic E-state index is 0.0668. The molecule has 0 radical (unpaired) electrons. The summed E-state index contributed by atoms with van der Waals surface area (Å²) < 4.78 is 71.5. The largest absolute Gasteiger partial charge is 0.482 e. The SMILES string of the molecule is Cc1cc(C)c(NC(=O)COc2ccc(S(=O)(=O)Nc3cccc(C(F)(F)F)c3)cc2Cl)c(C)c1. The molecule has 0 heterocycles. The van der Waals surface area contributed by atoms with Crippen LogP contribution in [-0.4, -0.2) is 20.9 Å². The lowest BCUT2D eigenvalue weighted by Gasteiger charge is -2.14. The van der Waals surface area contributed by atoms with Crippen LogP contribution in [0.5, 0.6) is 5.75 Å². The van der Waals surface area contributed by atoms with Gasteiger partial charge in [0.25, 0.3) is 15.9 Å². The van der Waals surface area contributed by atoms with Crippen LogP contribution in [0.25, 0.3) is 0 Å². The van der Waals surface area contributed by atoms with Gasteiger partial charge in [0, 0.05) is 11.4 Å². The van der Waals surface area contributed by atoms with Gasteiger partial charge in [-0.25, -0.2) is 8.42 Å². The van der Waals surface area contributed by atoms with Gasteiger partial charge in [0.2, 0.25) is 0 Å². The van der Waals surface area contributed by atoms with Crippen molar-refractivity contribution in [1.82, 2.24) is 0 Å². The first kappa shape index (κ1) is 26.4. The molecule has 35 heavy (non-hydrogen) atoms. The molecule has 1 amide bonds. The van der Waals surface area contributed by atoms with Gasteiger partial charge < -0.3 is 10.1 Å². The van der Waals surface area contributed by atoms with E-state index in [-0.39, 0.29) is 28.0 Å². The summed E-state index contributed by atoms with van der Waals surface area (Å²) in [6.07, 6.45) is -4.62. The molecule has 0 bridgehead atoms. The number of rotatable bonds is 7. The number of carbonyl (C=O) groups excluding carboxylic acids is 1. The summed E-state index contributed by atoms with van der Waals surface area (Å²) in [6, 6.07) is 11.2. The third kappa shape index (κ3) is 6.67. The molecule has 0 aromatic heterocycles. The lowest BCUT2D eigenvalue weighted by atomic mass is 10.1. The van der Waals surface area contributed by atoms with Crippen molar-refractivity contribution in [3.63, 3.8) is 0 Å². The normalized spacial score (nSPS) is 11.7. The van der Waals surface area contributed by atoms with Gasteiger partial charge in [-0.05, 0) is 68.3 Å². The van der Waals surface area contributed by atoms with Crippen LogP contribution in [0.15, 0.2) is 59.5 Å². The summed E-state index contributed by atoms with van der Waals surface area (Å²) >= 11 is 6.14. The van der Waals surface area contributed by atoms with E-state index in [4.69, 9.17) is 16.3 Å². The summed E-state index contributed by atoms with van der Waals surface area (Å²) in [5.74, 6) is -0.365. The number of hydrogen-bond donors (Lipinski definition) is 2. The van der Waals surface area contributed by atoms with Crippen LogP contribution < -0.4 is 14.8 Å². The number of aryl methyl sites for hydroxylation is 3. The van der Waals surface area contributed by atoms with Crippen molar-refractivity contribution in [3.8, 4) is 5.75 Å². The topological polar surface area (TPSA) is 84.5 Å². The Labute approximate surface area is 206 Å². The van der Waals surface area contributed by atoms with E-state index in [1.165, 1.54) is 18.2 Å². The molecule has 11 heteroatoms. The van der Waals surface area contributed by atoms with Gasteiger partial charge in [-0.2, -0.15) is 13.2 Å². The van der Waals surface area contributed by atoms with Crippen LogP contribution in [0.3, 0.4) is 0 Å². The number of benzene rings is 3. The highest BCUT2D eigenvalue weighted by Gasteiger charge is 2.30. The van der Waals surface area contributed by atoms with Gasteiger partial charge in [-0.15, -0.1) is 0 Å². The highest BCUT2D eigenvalue weighted by Crippen LogP contribution is 2.32. The predicted octanol–water partition coefficient (Wildman–Crippen LogP) is 6.10. The number of hydrogen-bond acceptors (Lipinski definition) is 4. The zero-order valence-corrected chi connectivity index (χ0v) is 20.5. The number of halogens is 4. The standard InChI is InChI=1S/C24H22ClF3N2O4S/c1-14-9-15(2)23(16(3)10-14)29-22(31)13-34-21-8-7-19(12-20(21)25)35(32,33)30-18-6-4-5-17(11-18)24(26,27)28/h4-12,30H,13H2,1-3H3,(H,29,31). The lowest BCUT2D eigenvalue weighted by Crippen LogP contribution is -2.21. The van der Waals surface area contributed by atoms with Gasteiger partial charge in [-0.1, -0.05) is 35.4 Å². The maximum Gasteiger partial charge on any atom is 0.416 e. The van der Waals surface area contributed by atoms with E-state index in [1.54, 1.807) is 0 Å². The fourth-order valence-electron chi connectivity index (χ4n) is 3.43. The first-order valence-electron chi connectivity index (χ1n) is 10.3. The fraction of sp³-hybridized carbons (Fsp3) is 0.208. The van der Waals surface area contributed by atoms with E-state index in [1.807, 2.05) is 32.9 Å². The average Bonchev–Trinajstić information content (AvgIpc) is 2.74. The lowest BCUT2D eigenvalue weighted by molar-refractivity contribution is -0.137. The van der Waals surface area contributed by atoms with Crippen LogP contribution in [-0.2, 0) is 21.0 Å². The molecular weight excluding hydrogens is 505 g/mol. The second-order valence-electron chi connectivity index (χ2n) is 7.89. The summed E-state index contributed by atoms with van der Waals surface area (Å²) in [5, 5.41) is 2.69. The Bertz CT molecular complexity index is 1350. The van der Waals surface area contributed by atoms with Crippen molar-refractivity contribution in [2.45, 2.75) is 31.8 Å². The minimum atomic E-state index is -4.62. The minimum Gasteiger partial charge on any atom is -0.482 e. The van der Waals surface area contributed by atoms with Gasteiger partial charge in [0.15, 0.2) is 6.61 Å². The Kier molecular flexibility index (Phi) is 7.66. The van der Waals surface area contributed by atoms with Crippen molar-refractivity contribution in [1.29, 1.82) is 0 Å². The number of sulfonamides is 1. The fourth-order valence-corrected chi connectivity index (χ4v) is 4.81. The van der Waals surface area contributed by atoms with Crippen molar-refractivity contribution in [3.05, 3.63) is 81.9 Å². The maximum atomic E-state index is 12.9. The average molecular weight is 527 g/mol. The molecule has 0 fully saturated rings. The van der Waals surface area contributed by atoms with Crippen LogP contribution in [0.1, 0.15) is 22.3 Å². The first-order valence-corrected chi connectivity index (χ1v) is 12.1. The zero-order valence-electron chi connectivity index (χ0n) is 19.0. The summed E-state index contributed by atoms with van der Waals surface area (Å²) in [5.41, 5.74) is 2.30. The van der Waals surface area contributed by atoms with E-state index in [2.05, 4.69) is 10.0 Å². The maximum absolute atomic E-state index is 12.9. The molecule has 0 saturated carbocycles. The molecule has 0 spiro atoms. The van der Waals surface area contributed by atoms with E-state index >= 15 is 0 Å². The smallest absolute Gasteiger partial charge is 0.416 e. The Morgan fingerprint density at radius 3 is 2.26 bits per heavy atom.